The number of hydrogen-bond acceptors (Lipinski definition) is 4. The van der Waals surface area contributed by atoms with Crippen molar-refractivity contribution in [3.63, 3.8) is 0 Å². The molecule has 3 fully saturated rings. The average molecular weight is 345 g/mol. The Hall–Kier alpha value is -0.210. The molecule has 0 aromatic carbocycles. The van der Waals surface area contributed by atoms with Gasteiger partial charge in [-0.25, -0.2) is 0 Å². The maximum atomic E-state index is 12.7. The fourth-order valence-electron chi connectivity index (χ4n) is 4.07. The number of piperazine rings is 1. The van der Waals surface area contributed by atoms with Gasteiger partial charge in [0.1, 0.15) is 0 Å². The summed E-state index contributed by atoms with van der Waals surface area (Å²) in [7, 11) is -1.000. The maximum Gasteiger partial charge on any atom is 0.282 e. The van der Waals surface area contributed by atoms with Gasteiger partial charge in [-0.1, -0.05) is 12.8 Å². The molecule has 0 bridgehead atoms. The second-order valence-electron chi connectivity index (χ2n) is 7.30. The molecule has 0 aromatic heterocycles. The van der Waals surface area contributed by atoms with E-state index in [2.05, 4.69) is 16.8 Å². The van der Waals surface area contributed by atoms with Crippen LogP contribution in [0.1, 0.15) is 38.5 Å². The van der Waals surface area contributed by atoms with Gasteiger partial charge in [0, 0.05) is 51.9 Å². The highest BCUT2D eigenvalue weighted by molar-refractivity contribution is 7.86. The lowest BCUT2D eigenvalue weighted by molar-refractivity contribution is 0.104. The molecule has 3 saturated heterocycles. The molecular formula is C16H32N4O2S. The first-order valence-electron chi connectivity index (χ1n) is 9.25. The van der Waals surface area contributed by atoms with Gasteiger partial charge in [0.05, 0.1) is 0 Å². The third-order valence-electron chi connectivity index (χ3n) is 5.69. The fraction of sp³-hybridized carbons (Fsp3) is 1.00. The second-order valence-corrected chi connectivity index (χ2v) is 9.23. The Bertz CT molecular complexity index is 470. The van der Waals surface area contributed by atoms with Crippen LogP contribution < -0.4 is 0 Å². The summed E-state index contributed by atoms with van der Waals surface area (Å²) in [5.41, 5.74) is 0. The van der Waals surface area contributed by atoms with E-state index < -0.39 is 10.2 Å². The number of likely N-dealkylation sites (N-methyl/N-ethyl adjacent to an activating group) is 1. The van der Waals surface area contributed by atoms with Gasteiger partial charge < -0.3 is 4.90 Å². The highest BCUT2D eigenvalue weighted by atomic mass is 32.2. The van der Waals surface area contributed by atoms with Crippen molar-refractivity contribution in [3.05, 3.63) is 0 Å². The van der Waals surface area contributed by atoms with Crippen LogP contribution in [-0.4, -0.2) is 92.3 Å². The van der Waals surface area contributed by atoms with Gasteiger partial charge in [-0.15, -0.1) is 0 Å². The molecular weight excluding hydrogens is 312 g/mol. The molecule has 0 aliphatic carbocycles. The summed E-state index contributed by atoms with van der Waals surface area (Å²) in [6.07, 6.45) is 7.10. The molecule has 3 aliphatic heterocycles. The first-order valence-corrected chi connectivity index (χ1v) is 10.6. The van der Waals surface area contributed by atoms with Crippen LogP contribution in [0.25, 0.3) is 0 Å². The van der Waals surface area contributed by atoms with Crippen LogP contribution in [0, 0.1) is 0 Å². The molecule has 0 aromatic rings. The van der Waals surface area contributed by atoms with Crippen LogP contribution in [0.3, 0.4) is 0 Å². The Morgan fingerprint density at radius 3 is 2.04 bits per heavy atom. The fourth-order valence-corrected chi connectivity index (χ4v) is 5.75. The van der Waals surface area contributed by atoms with E-state index in [0.717, 1.165) is 38.9 Å². The molecule has 3 heterocycles. The van der Waals surface area contributed by atoms with Crippen LogP contribution in [-0.2, 0) is 10.2 Å². The van der Waals surface area contributed by atoms with Crippen LogP contribution in [0.15, 0.2) is 0 Å². The molecule has 0 radical (unpaired) electrons. The van der Waals surface area contributed by atoms with E-state index in [0.29, 0.717) is 32.2 Å². The highest BCUT2D eigenvalue weighted by Crippen LogP contribution is 2.20. The molecule has 0 unspecified atom stereocenters. The molecule has 6 nitrogen and oxygen atoms in total. The molecule has 3 aliphatic rings. The second kappa shape index (κ2) is 7.78. The third kappa shape index (κ3) is 4.25. The van der Waals surface area contributed by atoms with E-state index in [4.69, 9.17) is 0 Å². The van der Waals surface area contributed by atoms with Crippen molar-refractivity contribution in [2.24, 2.45) is 0 Å². The average Bonchev–Trinajstić information content (AvgIpc) is 2.58. The number of piperidine rings is 2. The molecule has 0 spiro atoms. The van der Waals surface area contributed by atoms with E-state index in [1.54, 1.807) is 8.61 Å². The van der Waals surface area contributed by atoms with E-state index in [9.17, 15) is 8.42 Å². The summed E-state index contributed by atoms with van der Waals surface area (Å²) in [5.74, 6) is 0. The molecule has 0 N–H and O–H groups in total. The van der Waals surface area contributed by atoms with Gasteiger partial charge in [0.25, 0.3) is 10.2 Å². The number of likely N-dealkylation sites (tertiary alicyclic amines) is 1. The van der Waals surface area contributed by atoms with E-state index in [1.807, 2.05) is 0 Å². The molecule has 3 rings (SSSR count). The van der Waals surface area contributed by atoms with E-state index in [-0.39, 0.29) is 0 Å². The predicted molar refractivity (Wildman–Crippen MR) is 92.6 cm³/mol. The van der Waals surface area contributed by atoms with Crippen LogP contribution in [0.4, 0.5) is 0 Å². The number of hydrogen-bond donors (Lipinski definition) is 0. The lowest BCUT2D eigenvalue weighted by Gasteiger charge is -2.41. The van der Waals surface area contributed by atoms with Crippen LogP contribution in [0.5, 0.6) is 0 Å². The molecule has 1 atom stereocenters. The minimum Gasteiger partial charge on any atom is -0.302 e. The monoisotopic (exact) mass is 344 g/mol. The van der Waals surface area contributed by atoms with Gasteiger partial charge in [-0.2, -0.15) is 17.0 Å². The van der Waals surface area contributed by atoms with Gasteiger partial charge in [-0.05, 0) is 39.3 Å². The minimum atomic E-state index is -3.22. The summed E-state index contributed by atoms with van der Waals surface area (Å²) in [5, 5.41) is 0. The van der Waals surface area contributed by atoms with E-state index >= 15 is 0 Å². The summed E-state index contributed by atoms with van der Waals surface area (Å²) in [4.78, 5) is 4.93. The number of nitrogens with zero attached hydrogens (tertiary/aromatic N) is 4. The zero-order valence-electron chi connectivity index (χ0n) is 14.5. The normalized spacial score (nSPS) is 30.6. The Kier molecular flexibility index (Phi) is 5.96. The lowest BCUT2D eigenvalue weighted by atomic mass is 10.0. The standard InChI is InChI=1S/C16H32N4O2S/c1-17-8-6-3-7-16(17)15-18-11-13-20(14-12-18)23(21,22)19-9-4-2-5-10-19/h16H,2-15H2,1H3/t16-/m0/s1. The van der Waals surface area contributed by atoms with Crippen molar-refractivity contribution in [2.45, 2.75) is 44.6 Å². The molecule has 7 heteroatoms. The molecule has 0 amide bonds. The number of rotatable bonds is 4. The van der Waals surface area contributed by atoms with Crippen molar-refractivity contribution < 1.29 is 8.42 Å². The Morgan fingerprint density at radius 1 is 0.783 bits per heavy atom. The van der Waals surface area contributed by atoms with Crippen molar-refractivity contribution in [1.29, 1.82) is 0 Å². The predicted octanol–water partition coefficient (Wildman–Crippen LogP) is 0.819. The van der Waals surface area contributed by atoms with Crippen molar-refractivity contribution >= 4 is 10.2 Å². The summed E-state index contributed by atoms with van der Waals surface area (Å²) in [6.45, 7) is 6.74. The lowest BCUT2D eigenvalue weighted by Crippen LogP contribution is -2.55. The van der Waals surface area contributed by atoms with Crippen molar-refractivity contribution in [1.82, 2.24) is 18.4 Å². The summed E-state index contributed by atoms with van der Waals surface area (Å²) in [6, 6.07) is 0.647. The molecule has 23 heavy (non-hydrogen) atoms. The maximum absolute atomic E-state index is 12.7. The zero-order valence-corrected chi connectivity index (χ0v) is 15.3. The van der Waals surface area contributed by atoms with Gasteiger partial charge >= 0.3 is 0 Å². The van der Waals surface area contributed by atoms with Crippen molar-refractivity contribution in [2.75, 3.05) is 59.4 Å². The Labute approximate surface area is 141 Å². The van der Waals surface area contributed by atoms with Gasteiger partial charge in [0.2, 0.25) is 0 Å². The highest BCUT2D eigenvalue weighted by Gasteiger charge is 2.33. The topological polar surface area (TPSA) is 47.1 Å². The third-order valence-corrected chi connectivity index (χ3v) is 7.72. The first kappa shape index (κ1) is 17.6. The van der Waals surface area contributed by atoms with Crippen molar-refractivity contribution in [3.8, 4) is 0 Å². The Balaban J connectivity index is 1.49. The Morgan fingerprint density at radius 2 is 1.39 bits per heavy atom. The molecule has 0 saturated carbocycles. The molecule has 134 valence electrons. The minimum absolute atomic E-state index is 0.647. The van der Waals surface area contributed by atoms with Crippen LogP contribution >= 0.6 is 0 Å². The first-order chi connectivity index (χ1) is 11.1. The summed E-state index contributed by atoms with van der Waals surface area (Å²) >= 11 is 0. The summed E-state index contributed by atoms with van der Waals surface area (Å²) < 4.78 is 28.8. The largest absolute Gasteiger partial charge is 0.302 e. The quantitative estimate of drug-likeness (QED) is 0.758. The van der Waals surface area contributed by atoms with Crippen LogP contribution in [0.2, 0.25) is 0 Å². The zero-order chi connectivity index (χ0) is 16.3. The smallest absolute Gasteiger partial charge is 0.282 e. The SMILES string of the molecule is CN1CCCC[C@H]1CN1CCN(S(=O)(=O)N2CCCCC2)CC1. The van der Waals surface area contributed by atoms with Gasteiger partial charge in [0.15, 0.2) is 0 Å². The van der Waals surface area contributed by atoms with E-state index in [1.165, 1.54) is 25.8 Å². The van der Waals surface area contributed by atoms with Gasteiger partial charge in [-0.3, -0.25) is 4.90 Å².